The number of fused-ring (bicyclic) bond motifs is 5. The highest BCUT2D eigenvalue weighted by molar-refractivity contribution is 6.23. The number of Topliss-reactive ketones (excluding diaryl/α,β-unsaturated/α-hetero) is 1. The monoisotopic (exact) mass is 1250 g/mol. The third kappa shape index (κ3) is 12.5. The number of nitrogens with zero attached hydrogens (tertiary/aromatic N) is 3. The molecule has 11 atom stereocenters. The Morgan fingerprint density at radius 1 is 0.878 bits per heavy atom. The molecule has 8 rings (SSSR count). The fraction of sp³-hybridized carbons (Fsp3) is 0.500. The van der Waals surface area contributed by atoms with E-state index in [0.29, 0.717) is 11.0 Å². The molecule has 2 aliphatic heterocycles. The van der Waals surface area contributed by atoms with Crippen LogP contribution < -0.4 is 10.2 Å². The predicted molar refractivity (Wildman–Crippen MR) is 305 cm³/mol. The smallest absolute Gasteiger partial charge is 0.417 e. The molecule has 90 heavy (non-hydrogen) atoms. The van der Waals surface area contributed by atoms with E-state index >= 15 is 4.79 Å². The number of alkyl halides is 3. The number of carbonyl (C=O) groups is 9. The van der Waals surface area contributed by atoms with Crippen molar-refractivity contribution in [3.8, 4) is 17.9 Å². The molecule has 26 heteroatoms. The molecule has 0 aromatic heterocycles. The molecule has 0 radical (unpaired) electrons. The number of esters is 5. The molecule has 4 N–H and O–H groups in total. The third-order valence-corrected chi connectivity index (χ3v) is 17.5. The first-order chi connectivity index (χ1) is 42.0. The second-order valence-corrected chi connectivity index (χ2v) is 25.0. The highest BCUT2D eigenvalue weighted by Crippen LogP contribution is 2.64. The minimum Gasteiger partial charge on any atom is -0.456 e. The summed E-state index contributed by atoms with van der Waals surface area (Å²) in [5.41, 5.74) is -14.0. The number of rotatable bonds is 15. The van der Waals surface area contributed by atoms with E-state index in [2.05, 4.69) is 17.2 Å². The van der Waals surface area contributed by atoms with Crippen LogP contribution in [0, 0.1) is 39.9 Å². The Morgan fingerprint density at radius 3 is 2.10 bits per heavy atom. The van der Waals surface area contributed by atoms with Gasteiger partial charge in [-0.2, -0.15) is 18.4 Å². The first kappa shape index (κ1) is 67.2. The summed E-state index contributed by atoms with van der Waals surface area (Å²) in [5, 5.41) is 50.1. The maximum Gasteiger partial charge on any atom is 0.417 e. The summed E-state index contributed by atoms with van der Waals surface area (Å²) in [4.78, 5) is 128. The number of amides is 4. The van der Waals surface area contributed by atoms with Crippen molar-refractivity contribution < 1.29 is 105 Å². The van der Waals surface area contributed by atoms with Gasteiger partial charge >= 0.3 is 48.1 Å². The maximum absolute atomic E-state index is 16.1. The number of ether oxygens (including phenoxy) is 7. The number of ketones is 1. The topological polar surface area (TPSA) is 321 Å². The Morgan fingerprint density at radius 2 is 1.51 bits per heavy atom. The van der Waals surface area contributed by atoms with Gasteiger partial charge < -0.3 is 53.8 Å². The van der Waals surface area contributed by atoms with Crippen LogP contribution in [0.25, 0.3) is 0 Å². The van der Waals surface area contributed by atoms with E-state index in [0.717, 1.165) is 24.0 Å². The van der Waals surface area contributed by atoms with E-state index in [-0.39, 0.29) is 28.7 Å². The summed E-state index contributed by atoms with van der Waals surface area (Å²) in [6.07, 6.45) is -19.6. The quantitative estimate of drug-likeness (QED) is 0.0428. The van der Waals surface area contributed by atoms with Gasteiger partial charge in [-0.25, -0.2) is 24.1 Å². The van der Waals surface area contributed by atoms with Crippen molar-refractivity contribution in [3.05, 3.63) is 112 Å². The molecular weight excluding hydrogens is 1190 g/mol. The van der Waals surface area contributed by atoms with Crippen molar-refractivity contribution in [2.75, 3.05) is 24.7 Å². The molecule has 2 saturated carbocycles. The Hall–Kier alpha value is -8.69. The lowest BCUT2D eigenvalue weighted by atomic mass is 9.44. The van der Waals surface area contributed by atoms with E-state index in [4.69, 9.17) is 33.2 Å². The molecule has 3 aliphatic carbocycles. The maximum atomic E-state index is 16.1. The first-order valence-corrected chi connectivity index (χ1v) is 28.7. The number of imide groups is 1. The number of carbonyl (C=O) groups excluding carboxylic acids is 9. The van der Waals surface area contributed by atoms with Crippen LogP contribution in [0.3, 0.4) is 0 Å². The van der Waals surface area contributed by atoms with Gasteiger partial charge in [0.25, 0.3) is 5.91 Å². The van der Waals surface area contributed by atoms with Crippen LogP contribution in [-0.2, 0) is 68.1 Å². The summed E-state index contributed by atoms with van der Waals surface area (Å²) in [5.74, 6) is -4.23. The predicted octanol–water partition coefficient (Wildman–Crippen LogP) is 6.28. The van der Waals surface area contributed by atoms with Gasteiger partial charge in [0.15, 0.2) is 30.2 Å². The van der Waals surface area contributed by atoms with Crippen molar-refractivity contribution in [3.63, 3.8) is 0 Å². The first-order valence-electron chi connectivity index (χ1n) is 28.7. The standard InChI is InChI=1S/C64H69F3N4O19/c1-34-41(86-54(79)48(76)47(36-19-13-11-14-20-36)69-56(81)90-58(3,4)5)31-63(83)52(88-53(78)37-21-15-12-16-22-37)50-61(10,42(73)30-43-62(50,33-85-43)89-35(2)72)51(77)49(46(34)59(63,6)7)87-45(75)26-25-44(74)84-28-18-17-27-70-57(82)71(55(80)60(70,8)9)39-24-23-38(32-68)40(29-39)64(65,66)67/h11-16,19-24,29,41-43,47-50,52,73,76,83H,25-28,30-31,33H2,1-10H3,(H,69,81)/t41-,42-,43+,47-,48+,49+,50-,52-,61+,62-,63+/m0/s1. The summed E-state index contributed by atoms with van der Waals surface area (Å²) in [6, 6.07) is 16.6. The zero-order chi connectivity index (χ0) is 66.4. The number of nitriles is 1. The van der Waals surface area contributed by atoms with Gasteiger partial charge in [-0.05, 0) is 95.5 Å². The van der Waals surface area contributed by atoms with Gasteiger partial charge in [-0.3, -0.25) is 28.9 Å². The van der Waals surface area contributed by atoms with Crippen molar-refractivity contribution >= 4 is 59.3 Å². The summed E-state index contributed by atoms with van der Waals surface area (Å²) in [6.45, 7) is 12.5. The Labute approximate surface area is 515 Å². The molecule has 2 heterocycles. The van der Waals surface area contributed by atoms with Crippen LogP contribution in [0.4, 0.5) is 28.4 Å². The van der Waals surface area contributed by atoms with Crippen molar-refractivity contribution in [1.29, 1.82) is 5.26 Å². The second kappa shape index (κ2) is 24.9. The molecule has 2 saturated heterocycles. The number of anilines is 1. The fourth-order valence-corrected chi connectivity index (χ4v) is 12.7. The number of halogens is 3. The number of nitrogens with one attached hydrogen (secondary N) is 1. The zero-order valence-electron chi connectivity index (χ0n) is 50.9. The lowest BCUT2D eigenvalue weighted by Crippen LogP contribution is -2.82. The molecular formula is C64H69F3N4O19. The number of aliphatic hydroxyl groups excluding tert-OH is 2. The van der Waals surface area contributed by atoms with Crippen LogP contribution in [-0.4, -0.2) is 153 Å². The normalized spacial score (nSPS) is 27.3. The zero-order valence-corrected chi connectivity index (χ0v) is 50.9. The average molecular weight is 1260 g/mol. The number of benzene rings is 3. The minimum absolute atomic E-state index is 0.0216. The average Bonchev–Trinajstić information content (AvgIpc) is 0.802. The summed E-state index contributed by atoms with van der Waals surface area (Å²) < 4.78 is 82.8. The van der Waals surface area contributed by atoms with Crippen molar-refractivity contribution in [2.45, 2.75) is 166 Å². The largest absolute Gasteiger partial charge is 0.456 e. The molecule has 3 aromatic rings. The van der Waals surface area contributed by atoms with E-state index in [1.165, 1.54) is 84.0 Å². The molecule has 3 aromatic carbocycles. The molecule has 4 fully saturated rings. The van der Waals surface area contributed by atoms with Crippen molar-refractivity contribution in [2.24, 2.45) is 16.7 Å². The highest BCUT2D eigenvalue weighted by atomic mass is 19.4. The number of aliphatic hydroxyl groups is 3. The minimum atomic E-state index is -4.99. The molecule has 2 bridgehead atoms. The van der Waals surface area contributed by atoms with Crippen LogP contribution in [0.5, 0.6) is 0 Å². The molecule has 5 aliphatic rings. The number of hydrogen-bond acceptors (Lipinski definition) is 20. The van der Waals surface area contributed by atoms with Crippen molar-refractivity contribution in [1.82, 2.24) is 10.2 Å². The van der Waals surface area contributed by atoms with Crippen LogP contribution >= 0.6 is 0 Å². The lowest BCUT2D eigenvalue weighted by molar-refractivity contribution is -0.346. The Kier molecular flexibility index (Phi) is 18.6. The Balaban J connectivity index is 1.11. The number of hydrogen-bond donors (Lipinski definition) is 4. The van der Waals surface area contributed by atoms with Gasteiger partial charge in [-0.1, -0.05) is 74.2 Å². The highest BCUT2D eigenvalue weighted by Gasteiger charge is 2.78. The molecule has 480 valence electrons. The van der Waals surface area contributed by atoms with E-state index in [1.807, 2.05) is 0 Å². The Bertz CT molecular complexity index is 3530. The van der Waals surface area contributed by atoms with Gasteiger partial charge in [-0.15, -0.1) is 0 Å². The van der Waals surface area contributed by atoms with Crippen LogP contribution in [0.15, 0.2) is 90.0 Å². The van der Waals surface area contributed by atoms with Crippen LogP contribution in [0.1, 0.15) is 128 Å². The van der Waals surface area contributed by atoms with E-state index in [9.17, 15) is 72.1 Å². The molecule has 4 amide bonds. The van der Waals surface area contributed by atoms with E-state index < -0.39 is 197 Å². The molecule has 23 nitrogen and oxygen atoms in total. The summed E-state index contributed by atoms with van der Waals surface area (Å²) in [7, 11) is 0. The van der Waals surface area contributed by atoms with Crippen LogP contribution in [0.2, 0.25) is 0 Å². The lowest BCUT2D eigenvalue weighted by Gasteiger charge is -2.67. The van der Waals surface area contributed by atoms with Gasteiger partial charge in [0.2, 0.25) is 0 Å². The molecule has 0 unspecified atom stereocenters. The van der Waals surface area contributed by atoms with Gasteiger partial charge in [0.1, 0.15) is 35.1 Å². The van der Waals surface area contributed by atoms with Gasteiger partial charge in [0, 0.05) is 25.2 Å². The van der Waals surface area contributed by atoms with Gasteiger partial charge in [0.05, 0.1) is 77.9 Å². The number of urea groups is 1. The summed E-state index contributed by atoms with van der Waals surface area (Å²) >= 11 is 0. The number of alkyl carbamates (subject to hydrolysis) is 1. The fourth-order valence-electron chi connectivity index (χ4n) is 12.7. The third-order valence-electron chi connectivity index (χ3n) is 17.5. The second-order valence-electron chi connectivity index (χ2n) is 25.0. The van der Waals surface area contributed by atoms with E-state index in [1.54, 1.807) is 45.0 Å². The SMILES string of the molecule is CC(=O)O[C@@]12CO[C@@H]1C[C@H](O)[C@@]1(C)C(=O)[C@H](OC(=O)CCC(=O)OCC#CCN3C(=O)N(c4ccc(C#N)c(C(F)(F)F)c4)C(=O)C3(C)C)C3=C(C)[C@@H](OC(=O)[C@H](O)[C@@H](NC(=O)OC(C)(C)C)c4ccccc4)C[C@@](O)([C@@H](OC(=O)c4ccccc4)[C@H]21)C3(C)C. The molecule has 0 spiro atoms.